The third-order valence-electron chi connectivity index (χ3n) is 2.39. The highest BCUT2D eigenvalue weighted by Crippen LogP contribution is 2.26. The molecule has 2 aromatic rings. The molecule has 21 heavy (non-hydrogen) atoms. The van der Waals surface area contributed by atoms with Crippen LogP contribution < -0.4 is 5.32 Å². The first-order valence-electron chi connectivity index (χ1n) is 5.71. The fourth-order valence-electron chi connectivity index (χ4n) is 1.45. The minimum absolute atomic E-state index is 0.0900. The highest BCUT2D eigenvalue weighted by molar-refractivity contribution is 9.10. The number of carbonyl (C=O) groups is 2. The molecule has 0 aliphatic rings. The van der Waals surface area contributed by atoms with E-state index in [0.717, 1.165) is 33.1 Å². The lowest BCUT2D eigenvalue weighted by Crippen LogP contribution is -2.13. The maximum absolute atomic E-state index is 12.2. The average Bonchev–Trinajstić information content (AvgIpc) is 2.86. The maximum atomic E-state index is 12.2. The van der Waals surface area contributed by atoms with E-state index < -0.39 is 5.97 Å². The second-order valence-corrected chi connectivity index (χ2v) is 7.08. The predicted molar refractivity (Wildman–Crippen MR) is 85.1 cm³/mol. The van der Waals surface area contributed by atoms with Crippen LogP contribution in [0.1, 0.15) is 15.9 Å². The Morgan fingerprint density at radius 2 is 2.19 bits per heavy atom. The Kier molecular flexibility index (Phi) is 5.32. The van der Waals surface area contributed by atoms with Gasteiger partial charge in [0.05, 0.1) is 5.75 Å². The Hall–Kier alpha value is -1.45. The van der Waals surface area contributed by atoms with Crippen LogP contribution >= 0.6 is 39.0 Å². The van der Waals surface area contributed by atoms with E-state index in [-0.39, 0.29) is 11.7 Å². The molecule has 0 spiro atoms. The van der Waals surface area contributed by atoms with Crippen molar-refractivity contribution in [2.45, 2.75) is 11.3 Å². The number of nitrogens with zero attached hydrogens (tertiary/aromatic N) is 2. The molecule has 0 bridgehead atoms. The number of carboxylic acids is 1. The molecule has 2 N–H and O–H groups in total. The van der Waals surface area contributed by atoms with Crippen molar-refractivity contribution in [3.8, 4) is 0 Å². The molecule has 1 aromatic heterocycles. The SMILES string of the molecule is Cc1ccc(Br)cc1C(=O)Nc1nnc(SCC(=O)O)s1. The van der Waals surface area contributed by atoms with Crippen LogP contribution in [0.5, 0.6) is 0 Å². The molecular weight excluding hydrogens is 378 g/mol. The topological polar surface area (TPSA) is 92.2 Å². The first-order chi connectivity index (χ1) is 9.95. The second kappa shape index (κ2) is 7.01. The number of aryl methyl sites for hydroxylation is 1. The number of halogens is 1. The Morgan fingerprint density at radius 1 is 1.43 bits per heavy atom. The molecule has 0 saturated carbocycles. The molecule has 2 rings (SSSR count). The van der Waals surface area contributed by atoms with Gasteiger partial charge in [0.2, 0.25) is 5.13 Å². The zero-order valence-corrected chi connectivity index (χ0v) is 14.0. The van der Waals surface area contributed by atoms with Crippen molar-refractivity contribution in [3.63, 3.8) is 0 Å². The van der Waals surface area contributed by atoms with Crippen molar-refractivity contribution >= 4 is 56.0 Å². The summed E-state index contributed by atoms with van der Waals surface area (Å²) in [6.07, 6.45) is 0. The molecule has 1 heterocycles. The molecule has 0 unspecified atom stereocenters. The third-order valence-corrected chi connectivity index (χ3v) is 4.84. The van der Waals surface area contributed by atoms with E-state index in [1.165, 1.54) is 0 Å². The van der Waals surface area contributed by atoms with E-state index in [0.29, 0.717) is 15.0 Å². The number of amides is 1. The second-order valence-electron chi connectivity index (χ2n) is 3.97. The fraction of sp³-hybridized carbons (Fsp3) is 0.167. The van der Waals surface area contributed by atoms with Gasteiger partial charge < -0.3 is 5.11 Å². The molecule has 0 atom stereocenters. The number of aromatic nitrogens is 2. The van der Waals surface area contributed by atoms with Gasteiger partial charge in [0.15, 0.2) is 4.34 Å². The van der Waals surface area contributed by atoms with Crippen LogP contribution in [-0.4, -0.2) is 32.9 Å². The van der Waals surface area contributed by atoms with Gasteiger partial charge in [-0.15, -0.1) is 10.2 Å². The number of aliphatic carboxylic acids is 1. The summed E-state index contributed by atoms with van der Waals surface area (Å²) in [5.74, 6) is -1.29. The first-order valence-corrected chi connectivity index (χ1v) is 8.31. The van der Waals surface area contributed by atoms with Gasteiger partial charge in [-0.25, -0.2) is 0 Å². The molecule has 1 aromatic carbocycles. The van der Waals surface area contributed by atoms with Crippen molar-refractivity contribution in [3.05, 3.63) is 33.8 Å². The molecule has 0 saturated heterocycles. The first kappa shape index (κ1) is 15.9. The van der Waals surface area contributed by atoms with Crippen LogP contribution in [0.3, 0.4) is 0 Å². The summed E-state index contributed by atoms with van der Waals surface area (Å²) in [5.41, 5.74) is 1.39. The van der Waals surface area contributed by atoms with Crippen molar-refractivity contribution < 1.29 is 14.7 Å². The van der Waals surface area contributed by atoms with Crippen molar-refractivity contribution in [1.82, 2.24) is 10.2 Å². The normalized spacial score (nSPS) is 10.4. The summed E-state index contributed by atoms with van der Waals surface area (Å²) < 4.78 is 1.31. The van der Waals surface area contributed by atoms with Gasteiger partial charge >= 0.3 is 5.97 Å². The summed E-state index contributed by atoms with van der Waals surface area (Å²) in [6.45, 7) is 1.84. The molecule has 9 heteroatoms. The number of carboxylic acid groups (broad SMARTS) is 1. The third kappa shape index (κ3) is 4.51. The van der Waals surface area contributed by atoms with E-state index >= 15 is 0 Å². The molecular formula is C12H10BrN3O3S2. The Bertz CT molecular complexity index is 690. The summed E-state index contributed by atoms with van der Waals surface area (Å²) in [6, 6.07) is 5.43. The van der Waals surface area contributed by atoms with Gasteiger partial charge in [0.1, 0.15) is 0 Å². The fourth-order valence-corrected chi connectivity index (χ4v) is 3.27. The molecule has 0 aliphatic heterocycles. The van der Waals surface area contributed by atoms with Crippen molar-refractivity contribution in [1.29, 1.82) is 0 Å². The summed E-state index contributed by atoms with van der Waals surface area (Å²) in [7, 11) is 0. The van der Waals surface area contributed by atoms with Crippen LogP contribution in [0, 0.1) is 6.92 Å². The zero-order valence-electron chi connectivity index (χ0n) is 10.8. The van der Waals surface area contributed by atoms with E-state index in [4.69, 9.17) is 5.11 Å². The lowest BCUT2D eigenvalue weighted by molar-refractivity contribution is -0.133. The molecule has 0 radical (unpaired) electrons. The van der Waals surface area contributed by atoms with E-state index in [9.17, 15) is 9.59 Å². The van der Waals surface area contributed by atoms with Crippen molar-refractivity contribution in [2.75, 3.05) is 11.1 Å². The maximum Gasteiger partial charge on any atom is 0.313 e. The van der Waals surface area contributed by atoms with Crippen LogP contribution in [0.4, 0.5) is 5.13 Å². The lowest BCUT2D eigenvalue weighted by Gasteiger charge is -2.05. The van der Waals surface area contributed by atoms with Crippen molar-refractivity contribution in [2.24, 2.45) is 0 Å². The lowest BCUT2D eigenvalue weighted by atomic mass is 10.1. The Balaban J connectivity index is 2.06. The number of thioether (sulfide) groups is 1. The van der Waals surface area contributed by atoms with Gasteiger partial charge in [-0.05, 0) is 24.6 Å². The van der Waals surface area contributed by atoms with E-state index in [1.807, 2.05) is 19.1 Å². The number of anilines is 1. The van der Waals surface area contributed by atoms with Gasteiger partial charge in [0, 0.05) is 10.0 Å². The average molecular weight is 388 g/mol. The minimum Gasteiger partial charge on any atom is -0.481 e. The number of hydrogen-bond acceptors (Lipinski definition) is 6. The Morgan fingerprint density at radius 3 is 2.90 bits per heavy atom. The summed E-state index contributed by atoms with van der Waals surface area (Å²) >= 11 is 5.53. The number of nitrogens with one attached hydrogen (secondary N) is 1. The van der Waals surface area contributed by atoms with Crippen LogP contribution in [0.25, 0.3) is 0 Å². The molecule has 110 valence electrons. The number of hydrogen-bond donors (Lipinski definition) is 2. The quantitative estimate of drug-likeness (QED) is 0.604. The van der Waals surface area contributed by atoms with E-state index in [1.54, 1.807) is 6.07 Å². The van der Waals surface area contributed by atoms with Crippen LogP contribution in [-0.2, 0) is 4.79 Å². The monoisotopic (exact) mass is 387 g/mol. The predicted octanol–water partition coefficient (Wildman–Crippen LogP) is 3.04. The Labute approximate surface area is 137 Å². The molecule has 6 nitrogen and oxygen atoms in total. The molecule has 0 fully saturated rings. The standard InChI is InChI=1S/C12H10BrN3O3S2/c1-6-2-3-7(13)4-8(6)10(19)14-11-15-16-12(21-11)20-5-9(17)18/h2-4H,5H2,1H3,(H,17,18)(H,14,15,19). The van der Waals surface area contributed by atoms with Gasteiger partial charge in [0.25, 0.3) is 5.91 Å². The van der Waals surface area contributed by atoms with Crippen LogP contribution in [0.15, 0.2) is 27.0 Å². The van der Waals surface area contributed by atoms with Crippen LogP contribution in [0.2, 0.25) is 0 Å². The highest BCUT2D eigenvalue weighted by atomic mass is 79.9. The number of benzene rings is 1. The summed E-state index contributed by atoms with van der Waals surface area (Å²) in [5, 5.41) is 19.2. The van der Waals surface area contributed by atoms with Gasteiger partial charge in [-0.1, -0.05) is 45.1 Å². The van der Waals surface area contributed by atoms with Gasteiger partial charge in [-0.2, -0.15) is 0 Å². The number of rotatable bonds is 5. The smallest absolute Gasteiger partial charge is 0.313 e. The molecule has 1 amide bonds. The largest absolute Gasteiger partial charge is 0.481 e. The highest BCUT2D eigenvalue weighted by Gasteiger charge is 2.13. The summed E-state index contributed by atoms with van der Waals surface area (Å²) in [4.78, 5) is 22.6. The van der Waals surface area contributed by atoms with E-state index in [2.05, 4.69) is 31.4 Å². The number of carbonyl (C=O) groups excluding carboxylic acids is 1. The minimum atomic E-state index is -0.925. The van der Waals surface area contributed by atoms with Gasteiger partial charge in [-0.3, -0.25) is 14.9 Å². The zero-order chi connectivity index (χ0) is 15.4. The molecule has 0 aliphatic carbocycles.